The summed E-state index contributed by atoms with van der Waals surface area (Å²) in [6, 6.07) is 9.31. The SMILES string of the molecule is CCCCCCOc1ccc(C2c3c(-c4c(C)cc(C)cc4O)n[nH]c3C(=O)N2CCCC)cc1OC. The Morgan fingerprint density at radius 1 is 1.03 bits per heavy atom. The monoisotopic (exact) mass is 505 g/mol. The van der Waals surface area contributed by atoms with Gasteiger partial charge in [0.1, 0.15) is 17.1 Å². The van der Waals surface area contributed by atoms with Gasteiger partial charge in [0.25, 0.3) is 5.91 Å². The molecule has 2 aromatic carbocycles. The topological polar surface area (TPSA) is 87.7 Å². The second kappa shape index (κ2) is 11.7. The number of aromatic amines is 1. The fourth-order valence-corrected chi connectivity index (χ4v) is 5.23. The molecule has 1 atom stereocenters. The Labute approximate surface area is 219 Å². The van der Waals surface area contributed by atoms with Crippen molar-refractivity contribution in [3.05, 3.63) is 58.3 Å². The molecule has 1 aromatic heterocycles. The summed E-state index contributed by atoms with van der Waals surface area (Å²) in [5.41, 5.74) is 5.33. The van der Waals surface area contributed by atoms with Crippen molar-refractivity contribution >= 4 is 5.91 Å². The van der Waals surface area contributed by atoms with Crippen molar-refractivity contribution in [2.75, 3.05) is 20.3 Å². The number of H-pyrrole nitrogens is 1. The first-order valence-electron chi connectivity index (χ1n) is 13.4. The fraction of sp³-hybridized carbons (Fsp3) is 0.467. The number of rotatable bonds is 12. The number of aryl methyl sites for hydroxylation is 2. The van der Waals surface area contributed by atoms with Gasteiger partial charge in [-0.05, 0) is 61.6 Å². The van der Waals surface area contributed by atoms with Crippen LogP contribution in [0.15, 0.2) is 30.3 Å². The van der Waals surface area contributed by atoms with E-state index < -0.39 is 0 Å². The van der Waals surface area contributed by atoms with E-state index in [4.69, 9.17) is 9.47 Å². The zero-order valence-corrected chi connectivity index (χ0v) is 22.7. The zero-order chi connectivity index (χ0) is 26.5. The van der Waals surface area contributed by atoms with Gasteiger partial charge in [-0.3, -0.25) is 9.89 Å². The minimum absolute atomic E-state index is 0.0772. The number of nitrogens with one attached hydrogen (secondary N) is 1. The normalized spacial score (nSPS) is 14.8. The third-order valence-corrected chi connectivity index (χ3v) is 7.07. The zero-order valence-electron chi connectivity index (χ0n) is 22.7. The highest BCUT2D eigenvalue weighted by molar-refractivity contribution is 6.00. The van der Waals surface area contributed by atoms with Gasteiger partial charge in [0.15, 0.2) is 11.5 Å². The maximum atomic E-state index is 13.5. The second-order valence-electron chi connectivity index (χ2n) is 9.91. The molecule has 7 heteroatoms. The highest BCUT2D eigenvalue weighted by Crippen LogP contribution is 2.46. The number of amides is 1. The van der Waals surface area contributed by atoms with E-state index in [1.54, 1.807) is 13.2 Å². The quantitative estimate of drug-likeness (QED) is 0.267. The number of hydrogen-bond donors (Lipinski definition) is 2. The fourth-order valence-electron chi connectivity index (χ4n) is 5.23. The minimum atomic E-state index is -0.351. The molecule has 0 spiro atoms. The van der Waals surface area contributed by atoms with Crippen molar-refractivity contribution in [2.45, 2.75) is 72.3 Å². The number of methoxy groups -OCH3 is 1. The van der Waals surface area contributed by atoms with Gasteiger partial charge in [-0.25, -0.2) is 0 Å². The molecule has 1 aliphatic heterocycles. The molecule has 0 radical (unpaired) electrons. The van der Waals surface area contributed by atoms with Gasteiger partial charge in [-0.2, -0.15) is 5.10 Å². The Morgan fingerprint density at radius 2 is 1.81 bits per heavy atom. The van der Waals surface area contributed by atoms with Crippen LogP contribution in [0.3, 0.4) is 0 Å². The van der Waals surface area contributed by atoms with Crippen LogP contribution in [-0.2, 0) is 0 Å². The summed E-state index contributed by atoms with van der Waals surface area (Å²) in [5.74, 6) is 1.43. The smallest absolute Gasteiger partial charge is 0.273 e. The molecular weight excluding hydrogens is 466 g/mol. The molecule has 0 fully saturated rings. The Bertz CT molecular complexity index is 1230. The van der Waals surface area contributed by atoms with Gasteiger partial charge in [0.05, 0.1) is 19.8 Å². The highest BCUT2D eigenvalue weighted by Gasteiger charge is 2.42. The molecule has 0 aliphatic carbocycles. The summed E-state index contributed by atoms with van der Waals surface area (Å²) >= 11 is 0. The molecule has 1 amide bonds. The van der Waals surface area contributed by atoms with E-state index in [-0.39, 0.29) is 17.7 Å². The second-order valence-corrected chi connectivity index (χ2v) is 9.91. The average Bonchev–Trinajstić information content (AvgIpc) is 3.41. The van der Waals surface area contributed by atoms with Gasteiger partial charge < -0.3 is 19.5 Å². The Balaban J connectivity index is 1.76. The van der Waals surface area contributed by atoms with Crippen molar-refractivity contribution in [1.29, 1.82) is 0 Å². The summed E-state index contributed by atoms with van der Waals surface area (Å²) in [7, 11) is 1.64. The van der Waals surface area contributed by atoms with Crippen LogP contribution in [0.2, 0.25) is 0 Å². The lowest BCUT2D eigenvalue weighted by atomic mass is 9.93. The first-order valence-corrected chi connectivity index (χ1v) is 13.4. The molecular formula is C30H39N3O4. The van der Waals surface area contributed by atoms with E-state index in [1.807, 2.05) is 43.0 Å². The molecule has 0 bridgehead atoms. The summed E-state index contributed by atoms with van der Waals surface area (Å²) in [4.78, 5) is 15.4. The van der Waals surface area contributed by atoms with Crippen LogP contribution >= 0.6 is 0 Å². The van der Waals surface area contributed by atoms with Gasteiger partial charge >= 0.3 is 0 Å². The number of nitrogens with zero attached hydrogens (tertiary/aromatic N) is 2. The van der Waals surface area contributed by atoms with E-state index in [2.05, 4.69) is 24.0 Å². The molecule has 0 saturated heterocycles. The summed E-state index contributed by atoms with van der Waals surface area (Å²) in [6.07, 6.45) is 6.40. The number of ether oxygens (including phenoxy) is 2. The van der Waals surface area contributed by atoms with Crippen molar-refractivity contribution in [2.24, 2.45) is 0 Å². The lowest BCUT2D eigenvalue weighted by Crippen LogP contribution is -2.30. The standard InChI is InChI=1S/C30H39N3O4/c1-6-8-10-11-15-37-23-13-12-21(18-24(23)36-5)29-26-27(25-20(4)16-19(3)17-22(25)34)31-32-28(26)30(35)33(29)14-9-7-2/h12-13,16-18,29,34H,6-11,14-15H2,1-5H3,(H,31,32). The Hall–Kier alpha value is -3.48. The molecule has 37 heavy (non-hydrogen) atoms. The van der Waals surface area contributed by atoms with Gasteiger partial charge in [0.2, 0.25) is 0 Å². The first-order chi connectivity index (χ1) is 17.9. The third-order valence-electron chi connectivity index (χ3n) is 7.07. The van der Waals surface area contributed by atoms with Gasteiger partial charge in [0, 0.05) is 17.7 Å². The van der Waals surface area contributed by atoms with Gasteiger partial charge in [-0.15, -0.1) is 0 Å². The number of aromatic hydroxyl groups is 1. The van der Waals surface area contributed by atoms with E-state index in [0.29, 0.717) is 41.6 Å². The predicted octanol–water partition coefficient (Wildman–Crippen LogP) is 6.71. The number of hydrogen-bond acceptors (Lipinski definition) is 5. The number of aromatic nitrogens is 2. The van der Waals surface area contributed by atoms with Crippen molar-refractivity contribution in [1.82, 2.24) is 15.1 Å². The molecule has 4 rings (SSSR count). The van der Waals surface area contributed by atoms with Crippen LogP contribution < -0.4 is 9.47 Å². The van der Waals surface area contributed by atoms with Crippen LogP contribution in [0.1, 0.15) is 91.2 Å². The van der Waals surface area contributed by atoms with E-state index in [1.165, 1.54) is 12.8 Å². The number of fused-ring (bicyclic) bond motifs is 1. The van der Waals surface area contributed by atoms with E-state index in [0.717, 1.165) is 47.9 Å². The first kappa shape index (κ1) is 26.6. The Kier molecular flexibility index (Phi) is 8.41. The van der Waals surface area contributed by atoms with Crippen LogP contribution in [0, 0.1) is 13.8 Å². The largest absolute Gasteiger partial charge is 0.507 e. The lowest BCUT2D eigenvalue weighted by Gasteiger charge is -2.27. The molecule has 3 aromatic rings. The Morgan fingerprint density at radius 3 is 2.51 bits per heavy atom. The maximum absolute atomic E-state index is 13.5. The van der Waals surface area contributed by atoms with Crippen LogP contribution in [0.5, 0.6) is 17.2 Å². The number of phenols is 1. The predicted molar refractivity (Wildman–Crippen MR) is 146 cm³/mol. The molecule has 2 N–H and O–H groups in total. The number of benzene rings is 2. The summed E-state index contributed by atoms with van der Waals surface area (Å²) in [5, 5.41) is 18.4. The summed E-state index contributed by atoms with van der Waals surface area (Å²) in [6.45, 7) is 9.48. The van der Waals surface area contributed by atoms with Crippen molar-refractivity contribution in [3.63, 3.8) is 0 Å². The molecule has 1 aliphatic rings. The van der Waals surface area contributed by atoms with Crippen molar-refractivity contribution in [3.8, 4) is 28.5 Å². The summed E-state index contributed by atoms with van der Waals surface area (Å²) < 4.78 is 11.7. The number of phenolic OH excluding ortho intramolecular Hbond substituents is 1. The number of unbranched alkanes of at least 4 members (excludes halogenated alkanes) is 4. The van der Waals surface area contributed by atoms with E-state index in [9.17, 15) is 9.90 Å². The number of carbonyl (C=O) groups excluding carboxylic acids is 1. The minimum Gasteiger partial charge on any atom is -0.507 e. The molecule has 0 saturated carbocycles. The maximum Gasteiger partial charge on any atom is 0.273 e. The molecule has 2 heterocycles. The van der Waals surface area contributed by atoms with Crippen LogP contribution in [0.4, 0.5) is 0 Å². The van der Waals surface area contributed by atoms with Crippen LogP contribution in [-0.4, -0.2) is 46.4 Å². The van der Waals surface area contributed by atoms with E-state index >= 15 is 0 Å². The molecule has 198 valence electrons. The lowest BCUT2D eigenvalue weighted by molar-refractivity contribution is 0.0741. The molecule has 1 unspecified atom stereocenters. The van der Waals surface area contributed by atoms with Crippen LogP contribution in [0.25, 0.3) is 11.3 Å². The molecule has 7 nitrogen and oxygen atoms in total. The average molecular weight is 506 g/mol. The highest BCUT2D eigenvalue weighted by atomic mass is 16.5. The third kappa shape index (κ3) is 5.31. The number of carbonyl (C=O) groups is 1. The van der Waals surface area contributed by atoms with Gasteiger partial charge in [-0.1, -0.05) is 51.7 Å². The van der Waals surface area contributed by atoms with Crippen molar-refractivity contribution < 1.29 is 19.4 Å².